The molecule has 2 heteroatoms. The molecule has 0 aromatic heterocycles. The van der Waals surface area contributed by atoms with E-state index in [0.717, 1.165) is 38.4 Å². The minimum absolute atomic E-state index is 0.813. The van der Waals surface area contributed by atoms with Gasteiger partial charge in [0.05, 0.1) is 12.4 Å². The topological polar surface area (TPSA) is 18.5 Å². The lowest BCUT2D eigenvalue weighted by Crippen LogP contribution is -1.99. The first-order valence-corrected chi connectivity index (χ1v) is 5.64. The molecule has 0 saturated carbocycles. The number of unbranched alkanes of at least 4 members (excludes halogenated alkanes) is 2. The maximum absolute atomic E-state index is 5.44. The number of rotatable bonds is 9. The van der Waals surface area contributed by atoms with Gasteiger partial charge in [0.1, 0.15) is 0 Å². The third-order valence-electron chi connectivity index (χ3n) is 2.06. The molecule has 0 aliphatic carbocycles. The van der Waals surface area contributed by atoms with Gasteiger partial charge in [-0.2, -0.15) is 0 Å². The van der Waals surface area contributed by atoms with Crippen molar-refractivity contribution in [2.24, 2.45) is 0 Å². The molecule has 0 fully saturated rings. The normalized spacial score (nSPS) is 11.8. The average molecular weight is 200 g/mol. The van der Waals surface area contributed by atoms with E-state index in [1.54, 1.807) is 0 Å². The van der Waals surface area contributed by atoms with Crippen molar-refractivity contribution in [2.45, 2.75) is 46.5 Å². The molecule has 84 valence electrons. The van der Waals surface area contributed by atoms with E-state index in [4.69, 9.17) is 9.47 Å². The molecule has 0 N–H and O–H groups in total. The van der Waals surface area contributed by atoms with Crippen molar-refractivity contribution in [3.8, 4) is 0 Å². The molecule has 0 rings (SSSR count). The van der Waals surface area contributed by atoms with Crippen LogP contribution in [0, 0.1) is 0 Å². The highest BCUT2D eigenvalue weighted by Crippen LogP contribution is 1.98. The molecule has 0 aliphatic heterocycles. The zero-order valence-electron chi connectivity index (χ0n) is 9.84. The van der Waals surface area contributed by atoms with Gasteiger partial charge in [-0.3, -0.25) is 0 Å². The van der Waals surface area contributed by atoms with Crippen LogP contribution in [0.1, 0.15) is 46.5 Å². The molecule has 0 radical (unpaired) electrons. The first-order valence-electron chi connectivity index (χ1n) is 5.64. The predicted molar refractivity (Wildman–Crippen MR) is 60.3 cm³/mol. The Morgan fingerprint density at radius 2 is 1.71 bits per heavy atom. The van der Waals surface area contributed by atoms with Crippen LogP contribution in [0.4, 0.5) is 0 Å². The largest absolute Gasteiger partial charge is 0.499 e. The highest BCUT2D eigenvalue weighted by atomic mass is 16.5. The van der Waals surface area contributed by atoms with E-state index >= 15 is 0 Å². The molecular formula is C12H24O2. The summed E-state index contributed by atoms with van der Waals surface area (Å²) < 4.78 is 10.9. The van der Waals surface area contributed by atoms with Crippen molar-refractivity contribution in [3.63, 3.8) is 0 Å². The van der Waals surface area contributed by atoms with E-state index in [-0.39, 0.29) is 0 Å². The molecule has 0 aromatic rings. The molecular weight excluding hydrogens is 176 g/mol. The van der Waals surface area contributed by atoms with Gasteiger partial charge in [-0.05, 0) is 33.1 Å². The van der Waals surface area contributed by atoms with E-state index in [9.17, 15) is 0 Å². The fraction of sp³-hybridized carbons (Fsp3) is 0.833. The Morgan fingerprint density at radius 3 is 2.36 bits per heavy atom. The van der Waals surface area contributed by atoms with Crippen LogP contribution in [0.15, 0.2) is 11.8 Å². The summed E-state index contributed by atoms with van der Waals surface area (Å²) in [6.45, 7) is 8.74. The van der Waals surface area contributed by atoms with Gasteiger partial charge in [-0.1, -0.05) is 19.4 Å². The van der Waals surface area contributed by atoms with Gasteiger partial charge in [0.2, 0.25) is 0 Å². The molecule has 0 atom stereocenters. The van der Waals surface area contributed by atoms with Gasteiger partial charge in [-0.15, -0.1) is 0 Å². The maximum atomic E-state index is 5.44. The van der Waals surface area contributed by atoms with Crippen molar-refractivity contribution in [2.75, 3.05) is 19.8 Å². The maximum Gasteiger partial charge on any atom is 0.0886 e. The average Bonchev–Trinajstić information content (AvgIpc) is 2.21. The minimum atomic E-state index is 0.813. The number of ether oxygens (including phenoxy) is 2. The van der Waals surface area contributed by atoms with Gasteiger partial charge < -0.3 is 9.47 Å². The first-order chi connectivity index (χ1) is 6.81. The highest BCUT2D eigenvalue weighted by molar-refractivity contribution is 4.83. The van der Waals surface area contributed by atoms with Gasteiger partial charge in [0.15, 0.2) is 0 Å². The third-order valence-corrected chi connectivity index (χ3v) is 2.06. The SMILES string of the molecule is C/C=C(\C)OCCCCOCCCC. The molecule has 0 bridgehead atoms. The Kier molecular flexibility index (Phi) is 10.2. The second-order valence-electron chi connectivity index (χ2n) is 3.42. The summed E-state index contributed by atoms with van der Waals surface area (Å²) in [5.74, 6) is 1.01. The molecule has 0 unspecified atom stereocenters. The van der Waals surface area contributed by atoms with E-state index in [1.807, 2.05) is 19.9 Å². The van der Waals surface area contributed by atoms with Crippen molar-refractivity contribution >= 4 is 0 Å². The molecule has 0 aromatic carbocycles. The molecule has 0 spiro atoms. The summed E-state index contributed by atoms with van der Waals surface area (Å²) in [5.41, 5.74) is 0. The van der Waals surface area contributed by atoms with Crippen molar-refractivity contribution in [3.05, 3.63) is 11.8 Å². The second kappa shape index (κ2) is 10.6. The first kappa shape index (κ1) is 13.5. The van der Waals surface area contributed by atoms with E-state index in [1.165, 1.54) is 12.8 Å². The van der Waals surface area contributed by atoms with Gasteiger partial charge in [-0.25, -0.2) is 0 Å². The van der Waals surface area contributed by atoms with E-state index in [0.29, 0.717) is 0 Å². The quantitative estimate of drug-likeness (QED) is 0.419. The zero-order valence-corrected chi connectivity index (χ0v) is 9.84. The van der Waals surface area contributed by atoms with Crippen molar-refractivity contribution in [1.29, 1.82) is 0 Å². The standard InChI is InChI=1S/C12H24O2/c1-4-6-9-13-10-7-8-11-14-12(3)5-2/h5H,4,6-11H2,1-3H3/b12-5+. The summed E-state index contributed by atoms with van der Waals surface area (Å²) in [5, 5.41) is 0. The number of hydrogen-bond donors (Lipinski definition) is 0. The molecule has 14 heavy (non-hydrogen) atoms. The molecule has 0 aliphatic rings. The Bertz CT molecular complexity index is 141. The van der Waals surface area contributed by atoms with Gasteiger partial charge in [0, 0.05) is 13.2 Å². The van der Waals surface area contributed by atoms with Gasteiger partial charge >= 0.3 is 0 Å². The predicted octanol–water partition coefficient (Wildman–Crippen LogP) is 3.52. The molecule has 2 nitrogen and oxygen atoms in total. The summed E-state index contributed by atoms with van der Waals surface area (Å²) in [6, 6.07) is 0. The number of hydrogen-bond acceptors (Lipinski definition) is 2. The number of allylic oxidation sites excluding steroid dienone is 2. The monoisotopic (exact) mass is 200 g/mol. The molecule has 0 amide bonds. The fourth-order valence-electron chi connectivity index (χ4n) is 0.971. The Labute approximate surface area is 88.3 Å². The lowest BCUT2D eigenvalue weighted by atomic mass is 10.3. The fourth-order valence-corrected chi connectivity index (χ4v) is 0.971. The lowest BCUT2D eigenvalue weighted by molar-refractivity contribution is 0.118. The van der Waals surface area contributed by atoms with Crippen molar-refractivity contribution < 1.29 is 9.47 Å². The lowest BCUT2D eigenvalue weighted by Gasteiger charge is -2.06. The van der Waals surface area contributed by atoms with Crippen molar-refractivity contribution in [1.82, 2.24) is 0 Å². The summed E-state index contributed by atoms with van der Waals surface area (Å²) >= 11 is 0. The minimum Gasteiger partial charge on any atom is -0.499 e. The van der Waals surface area contributed by atoms with Gasteiger partial charge in [0.25, 0.3) is 0 Å². The Morgan fingerprint density at radius 1 is 1.07 bits per heavy atom. The summed E-state index contributed by atoms with van der Waals surface area (Å²) in [4.78, 5) is 0. The van der Waals surface area contributed by atoms with Crippen LogP contribution >= 0.6 is 0 Å². The van der Waals surface area contributed by atoms with E-state index in [2.05, 4.69) is 6.92 Å². The second-order valence-corrected chi connectivity index (χ2v) is 3.42. The van der Waals surface area contributed by atoms with Crippen LogP contribution in [0.2, 0.25) is 0 Å². The summed E-state index contributed by atoms with van der Waals surface area (Å²) in [7, 11) is 0. The van der Waals surface area contributed by atoms with Crippen LogP contribution in [0.3, 0.4) is 0 Å². The van der Waals surface area contributed by atoms with Crippen LogP contribution in [-0.2, 0) is 9.47 Å². The Balaban J connectivity index is 2.99. The molecule has 0 saturated heterocycles. The third kappa shape index (κ3) is 9.59. The highest BCUT2D eigenvalue weighted by Gasteiger charge is 1.91. The van der Waals surface area contributed by atoms with E-state index < -0.39 is 0 Å². The molecule has 0 heterocycles. The van der Waals surface area contributed by atoms with Crippen LogP contribution in [-0.4, -0.2) is 19.8 Å². The van der Waals surface area contributed by atoms with Crippen LogP contribution in [0.5, 0.6) is 0 Å². The summed E-state index contributed by atoms with van der Waals surface area (Å²) in [6.07, 6.45) is 6.55. The van der Waals surface area contributed by atoms with Crippen LogP contribution in [0.25, 0.3) is 0 Å². The Hall–Kier alpha value is -0.500. The smallest absolute Gasteiger partial charge is 0.0886 e. The zero-order chi connectivity index (χ0) is 10.6. The van der Waals surface area contributed by atoms with Crippen LogP contribution < -0.4 is 0 Å².